The summed E-state index contributed by atoms with van der Waals surface area (Å²) in [5, 5.41) is 12.5. The number of hydrogen-bond acceptors (Lipinski definition) is 4. The van der Waals surface area contributed by atoms with Gasteiger partial charge in [-0.05, 0) is 19.3 Å². The summed E-state index contributed by atoms with van der Waals surface area (Å²) >= 11 is 0. The number of nitrogens with zero attached hydrogens (tertiary/aromatic N) is 1. The zero-order valence-electron chi connectivity index (χ0n) is 9.58. The summed E-state index contributed by atoms with van der Waals surface area (Å²) in [4.78, 5) is 0. The Morgan fingerprint density at radius 1 is 1.53 bits per heavy atom. The molecule has 1 fully saturated rings. The van der Waals surface area contributed by atoms with Crippen molar-refractivity contribution in [3.63, 3.8) is 0 Å². The van der Waals surface area contributed by atoms with Crippen molar-refractivity contribution < 1.29 is 9.47 Å². The third-order valence-electron chi connectivity index (χ3n) is 3.02. The van der Waals surface area contributed by atoms with E-state index in [2.05, 4.69) is 11.4 Å². The van der Waals surface area contributed by atoms with Crippen molar-refractivity contribution in [1.29, 1.82) is 5.26 Å². The third kappa shape index (κ3) is 3.45. The smallest absolute Gasteiger partial charge is 0.109 e. The summed E-state index contributed by atoms with van der Waals surface area (Å²) in [6.45, 7) is 1.36. The molecule has 0 aromatic rings. The molecule has 0 aliphatic heterocycles. The molecule has 1 N–H and O–H groups in total. The fraction of sp³-hybridized carbons (Fsp3) is 0.909. The van der Waals surface area contributed by atoms with Crippen LogP contribution in [0.25, 0.3) is 0 Å². The number of hydrogen-bond donors (Lipinski definition) is 1. The van der Waals surface area contributed by atoms with E-state index in [1.807, 2.05) is 0 Å². The van der Waals surface area contributed by atoms with E-state index >= 15 is 0 Å². The van der Waals surface area contributed by atoms with Crippen molar-refractivity contribution in [3.8, 4) is 6.07 Å². The molecule has 0 saturated heterocycles. The Labute approximate surface area is 91.6 Å². The SMILES string of the molecule is COCCNC1(C#N)CCCC(OC)C1. The zero-order valence-corrected chi connectivity index (χ0v) is 9.58. The minimum Gasteiger partial charge on any atom is -0.383 e. The van der Waals surface area contributed by atoms with E-state index in [-0.39, 0.29) is 6.10 Å². The van der Waals surface area contributed by atoms with Gasteiger partial charge in [0.1, 0.15) is 5.54 Å². The van der Waals surface area contributed by atoms with E-state index < -0.39 is 5.54 Å². The molecule has 1 aliphatic rings. The highest BCUT2D eigenvalue weighted by atomic mass is 16.5. The monoisotopic (exact) mass is 212 g/mol. The Hall–Kier alpha value is -0.630. The molecule has 15 heavy (non-hydrogen) atoms. The van der Waals surface area contributed by atoms with E-state index in [0.29, 0.717) is 6.61 Å². The second kappa shape index (κ2) is 6.06. The fourth-order valence-electron chi connectivity index (χ4n) is 2.12. The van der Waals surface area contributed by atoms with Crippen LogP contribution >= 0.6 is 0 Å². The van der Waals surface area contributed by atoms with Gasteiger partial charge in [0, 0.05) is 27.2 Å². The van der Waals surface area contributed by atoms with Gasteiger partial charge in [0.15, 0.2) is 0 Å². The van der Waals surface area contributed by atoms with Crippen molar-refractivity contribution in [2.75, 3.05) is 27.4 Å². The summed E-state index contributed by atoms with van der Waals surface area (Å²) < 4.78 is 10.3. The third-order valence-corrected chi connectivity index (χ3v) is 3.02. The number of methoxy groups -OCH3 is 2. The summed E-state index contributed by atoms with van der Waals surface area (Å²) in [5.74, 6) is 0. The van der Waals surface area contributed by atoms with Gasteiger partial charge in [0.25, 0.3) is 0 Å². The molecule has 0 radical (unpaired) electrons. The molecule has 1 aliphatic carbocycles. The maximum absolute atomic E-state index is 9.25. The maximum Gasteiger partial charge on any atom is 0.109 e. The summed E-state index contributed by atoms with van der Waals surface area (Å²) in [7, 11) is 3.38. The van der Waals surface area contributed by atoms with Crippen LogP contribution in [-0.4, -0.2) is 39.0 Å². The van der Waals surface area contributed by atoms with Crippen LogP contribution in [-0.2, 0) is 9.47 Å². The molecule has 0 spiro atoms. The lowest BCUT2D eigenvalue weighted by Gasteiger charge is -2.35. The normalized spacial score (nSPS) is 31.1. The van der Waals surface area contributed by atoms with Gasteiger partial charge in [0.05, 0.1) is 18.8 Å². The van der Waals surface area contributed by atoms with Gasteiger partial charge in [-0.3, -0.25) is 5.32 Å². The Balaban J connectivity index is 2.48. The molecule has 4 heteroatoms. The molecule has 1 saturated carbocycles. The van der Waals surface area contributed by atoms with Gasteiger partial charge in [-0.15, -0.1) is 0 Å². The maximum atomic E-state index is 9.25. The molecule has 0 aromatic carbocycles. The number of nitrogens with one attached hydrogen (secondary N) is 1. The quantitative estimate of drug-likeness (QED) is 0.693. The zero-order chi connectivity index (χ0) is 11.1. The van der Waals surface area contributed by atoms with Crippen LogP contribution in [0.3, 0.4) is 0 Å². The Bertz CT molecular complexity index is 227. The van der Waals surface area contributed by atoms with Crippen molar-refractivity contribution in [3.05, 3.63) is 0 Å². The highest BCUT2D eigenvalue weighted by Crippen LogP contribution is 2.29. The van der Waals surface area contributed by atoms with Crippen LogP contribution in [0.5, 0.6) is 0 Å². The molecular weight excluding hydrogens is 192 g/mol. The minimum absolute atomic E-state index is 0.216. The van der Waals surface area contributed by atoms with Gasteiger partial charge in [0.2, 0.25) is 0 Å². The first kappa shape index (κ1) is 12.4. The van der Waals surface area contributed by atoms with E-state index in [9.17, 15) is 5.26 Å². The predicted octanol–water partition coefficient (Wildman–Crippen LogP) is 1.07. The Kier molecular flexibility index (Phi) is 5.03. The summed E-state index contributed by atoms with van der Waals surface area (Å²) in [6, 6.07) is 2.39. The molecule has 86 valence electrons. The molecule has 2 unspecified atom stereocenters. The average molecular weight is 212 g/mol. The van der Waals surface area contributed by atoms with Crippen LogP contribution in [0.1, 0.15) is 25.7 Å². The average Bonchev–Trinajstić information content (AvgIpc) is 2.30. The van der Waals surface area contributed by atoms with Gasteiger partial charge in [-0.1, -0.05) is 0 Å². The van der Waals surface area contributed by atoms with E-state index in [4.69, 9.17) is 9.47 Å². The van der Waals surface area contributed by atoms with Gasteiger partial charge < -0.3 is 9.47 Å². The number of rotatable bonds is 5. The molecule has 2 atom stereocenters. The van der Waals surface area contributed by atoms with Crippen LogP contribution < -0.4 is 5.32 Å². The minimum atomic E-state index is -0.405. The predicted molar refractivity (Wildman–Crippen MR) is 57.5 cm³/mol. The van der Waals surface area contributed by atoms with E-state index in [1.54, 1.807) is 14.2 Å². The van der Waals surface area contributed by atoms with Crippen LogP contribution in [0.4, 0.5) is 0 Å². The number of nitriles is 1. The van der Waals surface area contributed by atoms with Gasteiger partial charge >= 0.3 is 0 Å². The lowest BCUT2D eigenvalue weighted by atomic mass is 9.81. The van der Waals surface area contributed by atoms with E-state index in [0.717, 1.165) is 32.2 Å². The molecular formula is C11H20N2O2. The van der Waals surface area contributed by atoms with Crippen LogP contribution in [0.15, 0.2) is 0 Å². The van der Waals surface area contributed by atoms with Crippen molar-refractivity contribution in [2.24, 2.45) is 0 Å². The molecule has 4 nitrogen and oxygen atoms in total. The second-order valence-corrected chi connectivity index (χ2v) is 4.07. The van der Waals surface area contributed by atoms with Gasteiger partial charge in [-0.25, -0.2) is 0 Å². The first-order valence-electron chi connectivity index (χ1n) is 5.44. The first-order valence-corrected chi connectivity index (χ1v) is 5.44. The highest BCUT2D eigenvalue weighted by molar-refractivity contribution is 5.10. The topological polar surface area (TPSA) is 54.3 Å². The first-order chi connectivity index (χ1) is 7.26. The van der Waals surface area contributed by atoms with E-state index in [1.165, 1.54) is 0 Å². The lowest BCUT2D eigenvalue weighted by molar-refractivity contribution is 0.0432. The highest BCUT2D eigenvalue weighted by Gasteiger charge is 2.36. The summed E-state index contributed by atoms with van der Waals surface area (Å²) in [6.07, 6.45) is 4.02. The second-order valence-electron chi connectivity index (χ2n) is 4.07. The van der Waals surface area contributed by atoms with Crippen LogP contribution in [0, 0.1) is 11.3 Å². The fourth-order valence-corrected chi connectivity index (χ4v) is 2.12. The Morgan fingerprint density at radius 3 is 2.93 bits per heavy atom. The largest absolute Gasteiger partial charge is 0.383 e. The molecule has 0 heterocycles. The summed E-state index contributed by atoms with van der Waals surface area (Å²) in [5.41, 5.74) is -0.405. The molecule has 1 rings (SSSR count). The molecule has 0 aromatic heterocycles. The number of ether oxygens (including phenoxy) is 2. The van der Waals surface area contributed by atoms with Crippen molar-refractivity contribution >= 4 is 0 Å². The lowest BCUT2D eigenvalue weighted by Crippen LogP contribution is -2.50. The van der Waals surface area contributed by atoms with Gasteiger partial charge in [-0.2, -0.15) is 5.26 Å². The molecule has 0 amide bonds. The molecule has 0 bridgehead atoms. The van der Waals surface area contributed by atoms with Crippen molar-refractivity contribution in [2.45, 2.75) is 37.3 Å². The van der Waals surface area contributed by atoms with Crippen LogP contribution in [0.2, 0.25) is 0 Å². The standard InChI is InChI=1S/C11H20N2O2/c1-14-7-6-13-11(9-12)5-3-4-10(8-11)15-2/h10,13H,3-8H2,1-2H3. The van der Waals surface area contributed by atoms with Crippen molar-refractivity contribution in [1.82, 2.24) is 5.32 Å². The Morgan fingerprint density at radius 2 is 2.33 bits per heavy atom.